The van der Waals surface area contributed by atoms with Gasteiger partial charge in [-0.15, -0.1) is 11.3 Å². The minimum atomic E-state index is 0.0908. The van der Waals surface area contributed by atoms with Crippen LogP contribution in [0.2, 0.25) is 0 Å². The molecule has 4 nitrogen and oxygen atoms in total. The minimum absolute atomic E-state index is 0.0908. The van der Waals surface area contributed by atoms with Gasteiger partial charge in [0.1, 0.15) is 4.83 Å². The monoisotopic (exact) mass is 313 g/mol. The highest BCUT2D eigenvalue weighted by Crippen LogP contribution is 2.53. The molecule has 0 unspecified atom stereocenters. The molecule has 1 aliphatic carbocycles. The molecule has 6 rings (SSSR count). The number of carbonyl (C=O) groups is 1. The number of hydrogen-bond donors (Lipinski definition) is 1. The lowest BCUT2D eigenvalue weighted by atomic mass is 9.77. The zero-order chi connectivity index (χ0) is 14.7. The fourth-order valence-electron chi connectivity index (χ4n) is 4.52. The van der Waals surface area contributed by atoms with Crippen molar-refractivity contribution in [2.24, 2.45) is 5.92 Å². The number of piperidine rings is 3. The van der Waals surface area contributed by atoms with Gasteiger partial charge in [-0.05, 0) is 56.8 Å². The van der Waals surface area contributed by atoms with Crippen LogP contribution in [0, 0.1) is 5.92 Å². The Morgan fingerprint density at radius 1 is 1.36 bits per heavy atom. The summed E-state index contributed by atoms with van der Waals surface area (Å²) in [6.45, 7) is 2.45. The predicted octanol–water partition coefficient (Wildman–Crippen LogP) is 2.65. The van der Waals surface area contributed by atoms with E-state index in [2.05, 4.69) is 15.2 Å². The second-order valence-electron chi connectivity index (χ2n) is 6.89. The highest BCUT2D eigenvalue weighted by molar-refractivity contribution is 7.20. The van der Waals surface area contributed by atoms with Crippen molar-refractivity contribution in [2.45, 2.75) is 37.3 Å². The van der Waals surface area contributed by atoms with E-state index < -0.39 is 0 Å². The Balaban J connectivity index is 1.42. The van der Waals surface area contributed by atoms with E-state index in [4.69, 9.17) is 0 Å². The first-order chi connectivity index (χ1) is 10.8. The van der Waals surface area contributed by atoms with Gasteiger partial charge in [0.25, 0.3) is 5.91 Å². The van der Waals surface area contributed by atoms with Crippen LogP contribution in [0.3, 0.4) is 0 Å². The number of nitrogens with one attached hydrogen (secondary N) is 1. The average Bonchev–Trinajstić information content (AvgIpc) is 3.20. The van der Waals surface area contributed by atoms with Crippen LogP contribution >= 0.6 is 11.3 Å². The molecule has 22 heavy (non-hydrogen) atoms. The first-order valence-electron chi connectivity index (χ1n) is 8.17. The van der Waals surface area contributed by atoms with Gasteiger partial charge >= 0.3 is 0 Å². The largest absolute Gasteiger partial charge is 0.346 e. The molecule has 5 heterocycles. The van der Waals surface area contributed by atoms with Crippen molar-refractivity contribution in [2.75, 3.05) is 13.1 Å². The third-order valence-electron chi connectivity index (χ3n) is 5.79. The summed E-state index contributed by atoms with van der Waals surface area (Å²) in [6, 6.07) is 6.26. The molecule has 2 bridgehead atoms. The standard InChI is InChI=1S/C17H19N3OS/c21-15(13-10-12-2-1-7-18-16(12)22-13)19-14-11-3-8-20(9-4-11)17(14)5-6-17/h1-2,7,10-11,14H,3-6,8-9H2,(H,19,21)/t14-/m0/s1. The fraction of sp³-hybridized carbons (Fsp3) is 0.529. The maximum Gasteiger partial charge on any atom is 0.261 e. The number of nitrogens with zero attached hydrogens (tertiary/aromatic N) is 2. The zero-order valence-corrected chi connectivity index (χ0v) is 13.2. The lowest BCUT2D eigenvalue weighted by Crippen LogP contribution is -2.65. The van der Waals surface area contributed by atoms with Crippen molar-refractivity contribution in [3.63, 3.8) is 0 Å². The van der Waals surface area contributed by atoms with E-state index in [9.17, 15) is 4.79 Å². The Morgan fingerprint density at radius 2 is 2.18 bits per heavy atom. The summed E-state index contributed by atoms with van der Waals surface area (Å²) < 4.78 is 0. The molecular weight excluding hydrogens is 294 g/mol. The van der Waals surface area contributed by atoms with Crippen LogP contribution in [-0.2, 0) is 0 Å². The number of fused-ring (bicyclic) bond motifs is 3. The number of amides is 1. The minimum Gasteiger partial charge on any atom is -0.346 e. The fourth-order valence-corrected chi connectivity index (χ4v) is 5.42. The third-order valence-corrected chi connectivity index (χ3v) is 6.84. The number of hydrogen-bond acceptors (Lipinski definition) is 4. The van der Waals surface area contributed by atoms with Gasteiger partial charge in [-0.1, -0.05) is 6.07 Å². The molecule has 2 aromatic rings. The SMILES string of the molecule is O=C(N[C@H]1C2CCN(CC2)C12CC2)c1cc2cccnc2s1. The van der Waals surface area contributed by atoms with E-state index >= 15 is 0 Å². The van der Waals surface area contributed by atoms with Crippen molar-refractivity contribution in [3.8, 4) is 0 Å². The molecule has 1 amide bonds. The molecule has 4 fully saturated rings. The van der Waals surface area contributed by atoms with E-state index in [1.807, 2.05) is 18.2 Å². The Hall–Kier alpha value is -1.46. The second kappa shape index (κ2) is 4.52. The summed E-state index contributed by atoms with van der Waals surface area (Å²) in [7, 11) is 0. The first kappa shape index (κ1) is 13.0. The Morgan fingerprint density at radius 3 is 2.91 bits per heavy atom. The van der Waals surface area contributed by atoms with Crippen molar-refractivity contribution < 1.29 is 4.79 Å². The van der Waals surface area contributed by atoms with Gasteiger partial charge in [0, 0.05) is 17.1 Å². The van der Waals surface area contributed by atoms with E-state index in [1.165, 1.54) is 50.1 Å². The molecule has 1 N–H and O–H groups in total. The lowest BCUT2D eigenvalue weighted by molar-refractivity contribution is -0.00138. The third kappa shape index (κ3) is 1.78. The molecule has 114 valence electrons. The Labute approximate surface area is 133 Å². The van der Waals surface area contributed by atoms with Gasteiger partial charge in [-0.3, -0.25) is 9.69 Å². The Kier molecular flexibility index (Phi) is 2.68. The van der Waals surface area contributed by atoms with Gasteiger partial charge in [0.2, 0.25) is 0 Å². The predicted molar refractivity (Wildman–Crippen MR) is 87.1 cm³/mol. The van der Waals surface area contributed by atoms with Gasteiger partial charge < -0.3 is 5.32 Å². The Bertz CT molecular complexity index is 710. The zero-order valence-electron chi connectivity index (χ0n) is 12.4. The molecule has 0 radical (unpaired) electrons. The highest BCUT2D eigenvalue weighted by atomic mass is 32.1. The van der Waals surface area contributed by atoms with Crippen LogP contribution in [0.5, 0.6) is 0 Å². The molecular formula is C17H19N3OS. The highest BCUT2D eigenvalue weighted by Gasteiger charge is 2.60. The van der Waals surface area contributed by atoms with Crippen LogP contribution in [-0.4, -0.2) is 40.5 Å². The molecule has 1 spiro atoms. The van der Waals surface area contributed by atoms with E-state index in [1.54, 1.807) is 6.20 Å². The molecule has 0 aromatic carbocycles. The first-order valence-corrected chi connectivity index (χ1v) is 8.98. The topological polar surface area (TPSA) is 45.2 Å². The van der Waals surface area contributed by atoms with Gasteiger partial charge in [0.05, 0.1) is 10.9 Å². The van der Waals surface area contributed by atoms with E-state index in [0.717, 1.165) is 15.1 Å². The van der Waals surface area contributed by atoms with Crippen LogP contribution in [0.4, 0.5) is 0 Å². The molecule has 5 heteroatoms. The maximum absolute atomic E-state index is 12.7. The second-order valence-corrected chi connectivity index (χ2v) is 7.92. The van der Waals surface area contributed by atoms with Crippen molar-refractivity contribution in [1.82, 2.24) is 15.2 Å². The molecule has 1 atom stereocenters. The molecule has 4 aliphatic rings. The van der Waals surface area contributed by atoms with E-state index in [0.29, 0.717) is 17.5 Å². The van der Waals surface area contributed by atoms with Gasteiger partial charge in [0.15, 0.2) is 0 Å². The quantitative estimate of drug-likeness (QED) is 0.927. The normalized spacial score (nSPS) is 31.5. The van der Waals surface area contributed by atoms with Crippen molar-refractivity contribution in [1.29, 1.82) is 0 Å². The summed E-state index contributed by atoms with van der Waals surface area (Å²) in [5.41, 5.74) is 0.297. The number of rotatable bonds is 2. The number of carbonyl (C=O) groups excluding carboxylic acids is 1. The summed E-state index contributed by atoms with van der Waals surface area (Å²) in [6.07, 6.45) is 6.76. The van der Waals surface area contributed by atoms with E-state index in [-0.39, 0.29) is 5.91 Å². The number of pyridine rings is 1. The van der Waals surface area contributed by atoms with Crippen molar-refractivity contribution >= 4 is 27.5 Å². The summed E-state index contributed by atoms with van der Waals surface area (Å²) in [5.74, 6) is 0.761. The van der Waals surface area contributed by atoms with Crippen LogP contribution in [0.15, 0.2) is 24.4 Å². The maximum atomic E-state index is 12.7. The summed E-state index contributed by atoms with van der Waals surface area (Å²) >= 11 is 1.50. The van der Waals surface area contributed by atoms with Crippen LogP contribution in [0.25, 0.3) is 10.2 Å². The average molecular weight is 313 g/mol. The number of aromatic nitrogens is 1. The molecule has 3 saturated heterocycles. The summed E-state index contributed by atoms with van der Waals surface area (Å²) in [5, 5.41) is 4.45. The molecule has 3 aliphatic heterocycles. The smallest absolute Gasteiger partial charge is 0.261 e. The lowest BCUT2D eigenvalue weighted by Gasteiger charge is -2.52. The summed E-state index contributed by atoms with van der Waals surface area (Å²) in [4.78, 5) is 21.4. The van der Waals surface area contributed by atoms with Gasteiger partial charge in [-0.2, -0.15) is 0 Å². The van der Waals surface area contributed by atoms with Crippen molar-refractivity contribution in [3.05, 3.63) is 29.3 Å². The van der Waals surface area contributed by atoms with Crippen LogP contribution in [0.1, 0.15) is 35.4 Å². The molecule has 2 aromatic heterocycles. The van der Waals surface area contributed by atoms with Gasteiger partial charge in [-0.25, -0.2) is 4.98 Å². The van der Waals surface area contributed by atoms with Crippen LogP contribution < -0.4 is 5.32 Å². The number of thiophene rings is 1. The molecule has 1 saturated carbocycles.